The van der Waals surface area contributed by atoms with E-state index in [0.717, 1.165) is 51.3 Å². The van der Waals surface area contributed by atoms with E-state index in [0.29, 0.717) is 29.3 Å². The standard InChI is InChI=1S/C21H29N3O2/c1-15-12-23(13-16(2)26-15)14-18-6-8-24(9-7-18)21-10-19(17(3)25)4-5-20(21)11-22/h4-5,10,15-16,18H,6-9,12-14H2,1-3H3. The van der Waals surface area contributed by atoms with Crippen molar-refractivity contribution in [2.75, 3.05) is 37.6 Å². The molecule has 0 radical (unpaired) electrons. The third-order valence-electron chi connectivity index (χ3n) is 5.49. The number of hydrogen-bond acceptors (Lipinski definition) is 5. The molecule has 0 spiro atoms. The lowest BCUT2D eigenvalue weighted by atomic mass is 9.94. The number of benzene rings is 1. The highest BCUT2D eigenvalue weighted by Crippen LogP contribution is 2.28. The Morgan fingerprint density at radius 2 is 1.88 bits per heavy atom. The summed E-state index contributed by atoms with van der Waals surface area (Å²) in [5.74, 6) is 0.728. The van der Waals surface area contributed by atoms with E-state index < -0.39 is 0 Å². The molecule has 2 heterocycles. The van der Waals surface area contributed by atoms with Gasteiger partial charge >= 0.3 is 0 Å². The van der Waals surface area contributed by atoms with Crippen molar-refractivity contribution in [3.8, 4) is 6.07 Å². The maximum atomic E-state index is 11.7. The molecule has 0 amide bonds. The van der Waals surface area contributed by atoms with Gasteiger partial charge in [0.25, 0.3) is 0 Å². The van der Waals surface area contributed by atoms with Gasteiger partial charge in [-0.25, -0.2) is 0 Å². The van der Waals surface area contributed by atoms with Crippen LogP contribution in [-0.4, -0.2) is 55.6 Å². The van der Waals surface area contributed by atoms with Crippen LogP contribution in [0.25, 0.3) is 0 Å². The van der Waals surface area contributed by atoms with Crippen LogP contribution in [0.1, 0.15) is 49.5 Å². The van der Waals surface area contributed by atoms with Gasteiger partial charge in [0.15, 0.2) is 5.78 Å². The molecule has 5 nitrogen and oxygen atoms in total. The maximum absolute atomic E-state index is 11.7. The van der Waals surface area contributed by atoms with E-state index in [4.69, 9.17) is 4.74 Å². The van der Waals surface area contributed by atoms with Gasteiger partial charge < -0.3 is 9.64 Å². The van der Waals surface area contributed by atoms with Gasteiger partial charge in [-0.2, -0.15) is 5.26 Å². The molecule has 2 saturated heterocycles. The lowest BCUT2D eigenvalue weighted by molar-refractivity contribution is -0.0720. The van der Waals surface area contributed by atoms with Crippen LogP contribution in [0.5, 0.6) is 0 Å². The Morgan fingerprint density at radius 1 is 1.23 bits per heavy atom. The third kappa shape index (κ3) is 4.44. The van der Waals surface area contributed by atoms with Gasteiger partial charge in [-0.05, 0) is 57.7 Å². The van der Waals surface area contributed by atoms with Crippen molar-refractivity contribution in [2.24, 2.45) is 5.92 Å². The van der Waals surface area contributed by atoms with E-state index >= 15 is 0 Å². The number of piperidine rings is 1. The minimum absolute atomic E-state index is 0.0428. The first-order valence-electron chi connectivity index (χ1n) is 9.64. The minimum atomic E-state index is 0.0428. The van der Waals surface area contributed by atoms with Crippen molar-refractivity contribution in [3.63, 3.8) is 0 Å². The maximum Gasteiger partial charge on any atom is 0.159 e. The summed E-state index contributed by atoms with van der Waals surface area (Å²) in [5, 5.41) is 9.42. The highest BCUT2D eigenvalue weighted by atomic mass is 16.5. The molecular formula is C21H29N3O2. The summed E-state index contributed by atoms with van der Waals surface area (Å²) in [7, 11) is 0. The van der Waals surface area contributed by atoms with Gasteiger partial charge in [-0.1, -0.05) is 0 Å². The molecule has 0 bridgehead atoms. The number of carbonyl (C=O) groups excluding carboxylic acids is 1. The van der Waals surface area contributed by atoms with E-state index in [2.05, 4.69) is 29.7 Å². The summed E-state index contributed by atoms with van der Waals surface area (Å²) in [6.45, 7) is 10.9. The summed E-state index contributed by atoms with van der Waals surface area (Å²) in [4.78, 5) is 16.5. The molecule has 2 fully saturated rings. The Balaban J connectivity index is 1.61. The van der Waals surface area contributed by atoms with E-state index in [-0.39, 0.29) is 5.78 Å². The molecular weight excluding hydrogens is 326 g/mol. The fourth-order valence-corrected chi connectivity index (χ4v) is 4.26. The number of carbonyl (C=O) groups is 1. The molecule has 0 aromatic heterocycles. The van der Waals surface area contributed by atoms with E-state index in [1.807, 2.05) is 6.07 Å². The SMILES string of the molecule is CC(=O)c1ccc(C#N)c(N2CCC(CN3CC(C)OC(C)C3)CC2)c1. The number of ketones is 1. The fourth-order valence-electron chi connectivity index (χ4n) is 4.26. The second-order valence-corrected chi connectivity index (χ2v) is 7.81. The molecule has 2 unspecified atom stereocenters. The Hall–Kier alpha value is -1.90. The molecule has 1 aromatic rings. The van der Waals surface area contributed by atoms with Crippen LogP contribution >= 0.6 is 0 Å². The van der Waals surface area contributed by atoms with Gasteiger partial charge in [0.1, 0.15) is 6.07 Å². The first-order chi connectivity index (χ1) is 12.5. The van der Waals surface area contributed by atoms with Crippen LogP contribution < -0.4 is 4.90 Å². The number of ether oxygens (including phenoxy) is 1. The zero-order valence-corrected chi connectivity index (χ0v) is 16.1. The first-order valence-corrected chi connectivity index (χ1v) is 9.64. The average Bonchev–Trinajstić information content (AvgIpc) is 2.61. The number of hydrogen-bond donors (Lipinski definition) is 0. The van der Waals surface area contributed by atoms with E-state index in [1.54, 1.807) is 19.1 Å². The second kappa shape index (κ2) is 8.20. The number of nitrogens with zero attached hydrogens (tertiary/aromatic N) is 3. The highest BCUT2D eigenvalue weighted by Gasteiger charge is 2.27. The van der Waals surface area contributed by atoms with E-state index in [9.17, 15) is 10.1 Å². The third-order valence-corrected chi connectivity index (χ3v) is 5.49. The number of anilines is 1. The summed E-state index contributed by atoms with van der Waals surface area (Å²) in [6, 6.07) is 7.67. The van der Waals surface area contributed by atoms with E-state index in [1.165, 1.54) is 0 Å². The van der Waals surface area contributed by atoms with Gasteiger partial charge in [0.05, 0.1) is 23.5 Å². The van der Waals surface area contributed by atoms with Crippen LogP contribution in [0.2, 0.25) is 0 Å². The molecule has 2 aliphatic heterocycles. The lowest BCUT2D eigenvalue weighted by Gasteiger charge is -2.40. The summed E-state index contributed by atoms with van der Waals surface area (Å²) in [6.07, 6.45) is 2.86. The smallest absolute Gasteiger partial charge is 0.159 e. The summed E-state index contributed by atoms with van der Waals surface area (Å²) in [5.41, 5.74) is 2.24. The van der Waals surface area contributed by atoms with Crippen LogP contribution in [0.4, 0.5) is 5.69 Å². The second-order valence-electron chi connectivity index (χ2n) is 7.81. The van der Waals surface area contributed by atoms with Crippen LogP contribution in [-0.2, 0) is 4.74 Å². The number of nitriles is 1. The van der Waals surface area contributed by atoms with Crippen LogP contribution in [0.3, 0.4) is 0 Å². The molecule has 0 N–H and O–H groups in total. The molecule has 26 heavy (non-hydrogen) atoms. The molecule has 0 saturated carbocycles. The van der Waals surface area contributed by atoms with Crippen molar-refractivity contribution >= 4 is 11.5 Å². The summed E-state index contributed by atoms with van der Waals surface area (Å²) < 4.78 is 5.83. The normalized spacial score (nSPS) is 25.1. The van der Waals surface area contributed by atoms with Gasteiger partial charge in [-0.3, -0.25) is 9.69 Å². The lowest BCUT2D eigenvalue weighted by Crippen LogP contribution is -2.48. The van der Waals surface area contributed by atoms with Crippen LogP contribution in [0.15, 0.2) is 18.2 Å². The summed E-state index contributed by atoms with van der Waals surface area (Å²) >= 11 is 0. The molecule has 140 valence electrons. The minimum Gasteiger partial charge on any atom is -0.373 e. The Morgan fingerprint density at radius 3 is 2.46 bits per heavy atom. The van der Waals surface area contributed by atoms with Crippen molar-refractivity contribution < 1.29 is 9.53 Å². The molecule has 2 atom stereocenters. The van der Waals surface area contributed by atoms with Gasteiger partial charge in [0, 0.05) is 38.3 Å². The van der Waals surface area contributed by atoms with Crippen molar-refractivity contribution in [1.29, 1.82) is 5.26 Å². The van der Waals surface area contributed by atoms with Crippen LogP contribution in [0, 0.1) is 17.2 Å². The topological polar surface area (TPSA) is 56.6 Å². The van der Waals surface area contributed by atoms with Crippen molar-refractivity contribution in [3.05, 3.63) is 29.3 Å². The largest absolute Gasteiger partial charge is 0.373 e. The number of rotatable bonds is 4. The molecule has 0 aliphatic carbocycles. The van der Waals surface area contributed by atoms with Crippen molar-refractivity contribution in [2.45, 2.75) is 45.8 Å². The number of morpholine rings is 1. The number of Topliss-reactive ketones (excluding diaryl/α,β-unsaturated/α-hetero) is 1. The molecule has 3 rings (SSSR count). The molecule has 5 heteroatoms. The Kier molecular flexibility index (Phi) is 5.95. The predicted molar refractivity (Wildman–Crippen MR) is 103 cm³/mol. The first kappa shape index (κ1) is 18.9. The fraction of sp³-hybridized carbons (Fsp3) is 0.619. The predicted octanol–water partition coefficient (Wildman–Crippen LogP) is 3.09. The van der Waals surface area contributed by atoms with Gasteiger partial charge in [0.2, 0.25) is 0 Å². The zero-order valence-electron chi connectivity index (χ0n) is 16.1. The molecule has 2 aliphatic rings. The Bertz CT molecular complexity index is 679. The molecule has 1 aromatic carbocycles. The highest BCUT2D eigenvalue weighted by molar-refractivity contribution is 5.95. The monoisotopic (exact) mass is 355 g/mol. The zero-order chi connectivity index (χ0) is 18.7. The average molecular weight is 355 g/mol. The quantitative estimate of drug-likeness (QED) is 0.777. The van der Waals surface area contributed by atoms with Crippen molar-refractivity contribution in [1.82, 2.24) is 4.90 Å². The van der Waals surface area contributed by atoms with Gasteiger partial charge in [-0.15, -0.1) is 0 Å². The Labute approximate surface area is 156 Å².